The second kappa shape index (κ2) is 3.62. The van der Waals surface area contributed by atoms with Gasteiger partial charge in [0, 0.05) is 0 Å². The number of hydrogen-bond acceptors (Lipinski definition) is 5. The van der Waals surface area contributed by atoms with E-state index in [1.54, 1.807) is 0 Å². The Morgan fingerprint density at radius 3 is 2.00 bits per heavy atom. The Hall–Kier alpha value is -0.0100. The lowest BCUT2D eigenvalue weighted by Gasteiger charge is -2.15. The number of ether oxygens (including phenoxy) is 1. The Kier molecular flexibility index (Phi) is 3.09. The summed E-state index contributed by atoms with van der Waals surface area (Å²) in [5, 5.41) is 26.8. The first-order chi connectivity index (χ1) is 5.88. The van der Waals surface area contributed by atoms with Crippen molar-refractivity contribution in [3.63, 3.8) is 0 Å². The summed E-state index contributed by atoms with van der Waals surface area (Å²) in [6.07, 6.45) is -4.28. The highest BCUT2D eigenvalue weighted by atomic mass is 31.2. The van der Waals surface area contributed by atoms with Crippen molar-refractivity contribution in [3.05, 3.63) is 0 Å². The molecule has 1 aliphatic heterocycles. The first kappa shape index (κ1) is 11.1. The molecule has 13 heavy (non-hydrogen) atoms. The largest absolute Gasteiger partial charge is 0.394 e. The van der Waals surface area contributed by atoms with E-state index in [9.17, 15) is 4.57 Å². The van der Waals surface area contributed by atoms with Crippen LogP contribution in [0.3, 0.4) is 0 Å². The fourth-order valence-electron chi connectivity index (χ4n) is 1.16. The molecule has 0 amide bonds. The topological polar surface area (TPSA) is 127 Å². The zero-order valence-corrected chi connectivity index (χ0v) is 7.41. The first-order valence-corrected chi connectivity index (χ1v) is 5.23. The van der Waals surface area contributed by atoms with E-state index in [4.69, 9.17) is 25.1 Å². The zero-order chi connectivity index (χ0) is 10.2. The Labute approximate surface area is 73.7 Å². The van der Waals surface area contributed by atoms with Gasteiger partial charge in [0.25, 0.3) is 0 Å². The normalized spacial score (nSPS) is 41.0. The van der Waals surface area contributed by atoms with Crippen LogP contribution in [0.15, 0.2) is 0 Å². The average Bonchev–Trinajstić information content (AvgIpc) is 2.28. The van der Waals surface area contributed by atoms with Crippen LogP contribution in [0.25, 0.3) is 0 Å². The van der Waals surface area contributed by atoms with Crippen molar-refractivity contribution in [2.24, 2.45) is 0 Å². The second-order valence-electron chi connectivity index (χ2n) is 2.82. The molecule has 78 valence electrons. The first-order valence-electron chi connectivity index (χ1n) is 3.55. The summed E-state index contributed by atoms with van der Waals surface area (Å²) in [7, 11) is -4.60. The number of aliphatic hydroxyl groups excluding tert-OH is 3. The van der Waals surface area contributed by atoms with Gasteiger partial charge in [0.15, 0.2) is 5.85 Å². The molecule has 1 aliphatic rings. The molecule has 1 fully saturated rings. The predicted octanol–water partition coefficient (Wildman–Crippen LogP) is -2.40. The molecule has 0 unspecified atom stereocenters. The molecule has 4 atom stereocenters. The molecule has 1 rings (SSSR count). The number of hydrogen-bond donors (Lipinski definition) is 5. The molecule has 0 radical (unpaired) electrons. The van der Waals surface area contributed by atoms with Crippen molar-refractivity contribution >= 4 is 7.60 Å². The van der Waals surface area contributed by atoms with E-state index in [0.717, 1.165) is 0 Å². The maximum Gasteiger partial charge on any atom is 0.356 e. The van der Waals surface area contributed by atoms with Crippen LogP contribution < -0.4 is 0 Å². The van der Waals surface area contributed by atoms with E-state index >= 15 is 0 Å². The standard InChI is InChI=1S/C5H11O7P/c6-1-2-3(7)4(8)5(12-2)13(9,10)11/h2-8H,1H2,(H2,9,10,11)/t2-,3-,4-,5-/m1/s1. The van der Waals surface area contributed by atoms with Gasteiger partial charge in [-0.25, -0.2) is 0 Å². The van der Waals surface area contributed by atoms with Crippen molar-refractivity contribution < 1.29 is 34.4 Å². The van der Waals surface area contributed by atoms with Crippen LogP contribution in [0.4, 0.5) is 0 Å². The van der Waals surface area contributed by atoms with Gasteiger partial charge in [-0.1, -0.05) is 0 Å². The van der Waals surface area contributed by atoms with Crippen molar-refractivity contribution in [2.45, 2.75) is 24.2 Å². The fourth-order valence-corrected chi connectivity index (χ4v) is 2.05. The fraction of sp³-hybridized carbons (Fsp3) is 1.00. The molecule has 7 nitrogen and oxygen atoms in total. The van der Waals surface area contributed by atoms with Crippen molar-refractivity contribution in [2.75, 3.05) is 6.61 Å². The summed E-state index contributed by atoms with van der Waals surface area (Å²) in [5.41, 5.74) is 0. The Morgan fingerprint density at radius 2 is 1.77 bits per heavy atom. The molecule has 0 aromatic rings. The van der Waals surface area contributed by atoms with Crippen LogP contribution in [0, 0.1) is 0 Å². The van der Waals surface area contributed by atoms with Crippen LogP contribution >= 0.6 is 7.60 Å². The summed E-state index contributed by atoms with van der Waals surface area (Å²) in [4.78, 5) is 17.3. The smallest absolute Gasteiger partial charge is 0.356 e. The molecule has 0 spiro atoms. The van der Waals surface area contributed by atoms with Gasteiger partial charge in [0.05, 0.1) is 6.61 Å². The van der Waals surface area contributed by atoms with Crippen LogP contribution in [0.2, 0.25) is 0 Å². The SMILES string of the molecule is O=P(O)(O)[C@H]1O[C@H](CO)[C@@H](O)[C@H]1O. The van der Waals surface area contributed by atoms with Gasteiger partial charge in [0.2, 0.25) is 0 Å². The van der Waals surface area contributed by atoms with Gasteiger partial charge < -0.3 is 29.8 Å². The average molecular weight is 214 g/mol. The maximum absolute atomic E-state index is 10.7. The molecular formula is C5H11O7P. The van der Waals surface area contributed by atoms with E-state index in [1.165, 1.54) is 0 Å². The summed E-state index contributed by atoms with van der Waals surface area (Å²) >= 11 is 0. The van der Waals surface area contributed by atoms with Gasteiger partial charge in [-0.15, -0.1) is 0 Å². The zero-order valence-electron chi connectivity index (χ0n) is 6.52. The van der Waals surface area contributed by atoms with E-state index < -0.39 is 38.4 Å². The lowest BCUT2D eigenvalue weighted by molar-refractivity contribution is -0.0110. The summed E-state index contributed by atoms with van der Waals surface area (Å²) < 4.78 is 15.3. The quantitative estimate of drug-likeness (QED) is 0.324. The third-order valence-corrected chi connectivity index (χ3v) is 2.94. The number of aliphatic hydroxyl groups is 3. The van der Waals surface area contributed by atoms with Gasteiger partial charge in [-0.05, 0) is 0 Å². The monoisotopic (exact) mass is 214 g/mol. The molecule has 5 N–H and O–H groups in total. The van der Waals surface area contributed by atoms with Gasteiger partial charge in [-0.2, -0.15) is 0 Å². The molecule has 0 aliphatic carbocycles. The third kappa shape index (κ3) is 2.08. The maximum atomic E-state index is 10.7. The molecular weight excluding hydrogens is 203 g/mol. The van der Waals surface area contributed by atoms with E-state index in [2.05, 4.69) is 4.74 Å². The summed E-state index contributed by atoms with van der Waals surface area (Å²) in [6.45, 7) is -0.602. The van der Waals surface area contributed by atoms with Gasteiger partial charge in [-0.3, -0.25) is 4.57 Å². The van der Waals surface area contributed by atoms with Crippen LogP contribution in [0.5, 0.6) is 0 Å². The Morgan fingerprint density at radius 1 is 1.23 bits per heavy atom. The van der Waals surface area contributed by atoms with E-state index in [-0.39, 0.29) is 0 Å². The molecule has 0 aromatic carbocycles. The minimum atomic E-state index is -4.60. The lowest BCUT2D eigenvalue weighted by Crippen LogP contribution is -2.33. The van der Waals surface area contributed by atoms with Gasteiger partial charge >= 0.3 is 7.60 Å². The van der Waals surface area contributed by atoms with E-state index in [0.29, 0.717) is 0 Å². The Balaban J connectivity index is 2.77. The molecule has 0 bridgehead atoms. The lowest BCUT2D eigenvalue weighted by atomic mass is 10.2. The molecule has 1 heterocycles. The summed E-state index contributed by atoms with van der Waals surface area (Å²) in [6, 6.07) is 0. The third-order valence-electron chi connectivity index (χ3n) is 1.85. The minimum Gasteiger partial charge on any atom is -0.394 e. The highest BCUT2D eigenvalue weighted by Gasteiger charge is 2.50. The van der Waals surface area contributed by atoms with Crippen LogP contribution in [0.1, 0.15) is 0 Å². The Bertz CT molecular complexity index is 225. The summed E-state index contributed by atoms with van der Waals surface area (Å²) in [5.74, 6) is -1.75. The minimum absolute atomic E-state index is 0.602. The van der Waals surface area contributed by atoms with Gasteiger partial charge in [0.1, 0.15) is 18.3 Å². The van der Waals surface area contributed by atoms with Crippen molar-refractivity contribution in [1.82, 2.24) is 0 Å². The molecule has 1 saturated heterocycles. The van der Waals surface area contributed by atoms with E-state index in [1.807, 2.05) is 0 Å². The molecule has 8 heteroatoms. The second-order valence-corrected chi connectivity index (χ2v) is 4.51. The predicted molar refractivity (Wildman–Crippen MR) is 39.8 cm³/mol. The van der Waals surface area contributed by atoms with Crippen molar-refractivity contribution in [3.8, 4) is 0 Å². The highest BCUT2D eigenvalue weighted by molar-refractivity contribution is 7.52. The van der Waals surface area contributed by atoms with Crippen molar-refractivity contribution in [1.29, 1.82) is 0 Å². The molecule has 0 saturated carbocycles. The number of rotatable bonds is 2. The highest BCUT2D eigenvalue weighted by Crippen LogP contribution is 2.47. The van der Waals surface area contributed by atoms with Crippen LogP contribution in [-0.2, 0) is 9.30 Å². The van der Waals surface area contributed by atoms with Crippen LogP contribution in [-0.4, -0.2) is 55.9 Å². The molecule has 0 aromatic heterocycles.